The first kappa shape index (κ1) is 14.6. The van der Waals surface area contributed by atoms with Crippen LogP contribution in [0.15, 0.2) is 18.2 Å². The Morgan fingerprint density at radius 1 is 1.20 bits per heavy atom. The quantitative estimate of drug-likeness (QED) is 0.901. The summed E-state index contributed by atoms with van der Waals surface area (Å²) in [6.07, 6.45) is 2.04. The second-order valence-corrected chi connectivity index (χ2v) is 5.77. The predicted octanol–water partition coefficient (Wildman–Crippen LogP) is 4.28. The van der Waals surface area contributed by atoms with E-state index in [0.29, 0.717) is 6.04 Å². The van der Waals surface area contributed by atoms with E-state index < -0.39 is 0 Å². The number of hydrogen-bond acceptors (Lipinski definition) is 2. The van der Waals surface area contributed by atoms with Crippen molar-refractivity contribution in [1.29, 1.82) is 0 Å². The number of anilines is 1. The van der Waals surface area contributed by atoms with E-state index in [1.54, 1.807) is 0 Å². The van der Waals surface area contributed by atoms with Gasteiger partial charge in [0.2, 0.25) is 0 Å². The van der Waals surface area contributed by atoms with Crippen LogP contribution in [-0.2, 0) is 6.42 Å². The number of aryl methyl sites for hydroxylation is 3. The lowest BCUT2D eigenvalue weighted by Crippen LogP contribution is -2.09. The molecule has 20 heavy (non-hydrogen) atoms. The van der Waals surface area contributed by atoms with Gasteiger partial charge in [0.05, 0.1) is 0 Å². The number of nitrogens with two attached hydrogens (primary N) is 1. The molecule has 2 aromatic rings. The van der Waals surface area contributed by atoms with Crippen LogP contribution in [-0.4, -0.2) is 9.55 Å². The molecule has 2 N–H and O–H groups in total. The number of rotatable bonds is 4. The molecule has 2 rings (SSSR count). The van der Waals surface area contributed by atoms with Crippen molar-refractivity contribution in [2.45, 2.75) is 53.5 Å². The highest BCUT2D eigenvalue weighted by atomic mass is 15.2. The molecule has 1 heterocycles. The topological polar surface area (TPSA) is 43.8 Å². The molecule has 0 spiro atoms. The second kappa shape index (κ2) is 5.70. The summed E-state index contributed by atoms with van der Waals surface area (Å²) in [5, 5.41) is 0. The van der Waals surface area contributed by atoms with Crippen molar-refractivity contribution in [2.75, 3.05) is 5.73 Å². The van der Waals surface area contributed by atoms with Crippen molar-refractivity contribution in [3.05, 3.63) is 35.2 Å². The minimum atomic E-state index is 0.337. The van der Waals surface area contributed by atoms with E-state index in [4.69, 9.17) is 10.7 Å². The molecular formula is C17H25N3. The van der Waals surface area contributed by atoms with E-state index in [-0.39, 0.29) is 0 Å². The first-order chi connectivity index (χ1) is 9.45. The van der Waals surface area contributed by atoms with Crippen LogP contribution in [0.4, 0.5) is 5.82 Å². The van der Waals surface area contributed by atoms with Gasteiger partial charge < -0.3 is 10.3 Å². The number of imidazole rings is 1. The smallest absolute Gasteiger partial charge is 0.131 e. The lowest BCUT2D eigenvalue weighted by Gasteiger charge is -2.13. The minimum Gasteiger partial charge on any atom is -0.383 e. The van der Waals surface area contributed by atoms with Crippen molar-refractivity contribution in [3.63, 3.8) is 0 Å². The largest absolute Gasteiger partial charge is 0.383 e. The fourth-order valence-corrected chi connectivity index (χ4v) is 2.57. The van der Waals surface area contributed by atoms with Crippen LogP contribution in [0, 0.1) is 13.8 Å². The molecule has 0 saturated heterocycles. The van der Waals surface area contributed by atoms with Crippen LogP contribution in [0.1, 0.15) is 50.2 Å². The average molecular weight is 271 g/mol. The number of aromatic nitrogens is 2. The molecule has 0 atom stereocenters. The van der Waals surface area contributed by atoms with Crippen molar-refractivity contribution in [3.8, 4) is 11.3 Å². The number of hydrogen-bond donors (Lipinski definition) is 1. The summed E-state index contributed by atoms with van der Waals surface area (Å²) in [5.41, 5.74) is 11.0. The van der Waals surface area contributed by atoms with E-state index in [1.807, 2.05) is 0 Å². The van der Waals surface area contributed by atoms with Crippen molar-refractivity contribution in [2.24, 2.45) is 0 Å². The lowest BCUT2D eigenvalue weighted by molar-refractivity contribution is 0.571. The van der Waals surface area contributed by atoms with E-state index >= 15 is 0 Å². The van der Waals surface area contributed by atoms with E-state index in [9.17, 15) is 0 Å². The first-order valence-electron chi connectivity index (χ1n) is 7.39. The second-order valence-electron chi connectivity index (χ2n) is 5.77. The maximum absolute atomic E-state index is 6.36. The zero-order chi connectivity index (χ0) is 14.9. The SMILES string of the molecule is CCCc1nc(-c2ccc(C)c(C)c2)c(N)n1C(C)C. The Morgan fingerprint density at radius 3 is 2.45 bits per heavy atom. The number of nitrogen functional groups attached to an aromatic ring is 1. The zero-order valence-electron chi connectivity index (χ0n) is 13.2. The van der Waals surface area contributed by atoms with Gasteiger partial charge in [-0.2, -0.15) is 0 Å². The van der Waals surface area contributed by atoms with Gasteiger partial charge in [-0.1, -0.05) is 19.1 Å². The average Bonchev–Trinajstić information content (AvgIpc) is 2.70. The fraction of sp³-hybridized carbons (Fsp3) is 0.471. The third-order valence-electron chi connectivity index (χ3n) is 3.79. The third kappa shape index (κ3) is 2.58. The highest BCUT2D eigenvalue weighted by Crippen LogP contribution is 2.30. The zero-order valence-corrected chi connectivity index (χ0v) is 13.2. The van der Waals surface area contributed by atoms with Gasteiger partial charge in [0, 0.05) is 18.0 Å². The maximum atomic E-state index is 6.36. The van der Waals surface area contributed by atoms with Crippen LogP contribution in [0.25, 0.3) is 11.3 Å². The van der Waals surface area contributed by atoms with E-state index in [2.05, 4.69) is 57.4 Å². The van der Waals surface area contributed by atoms with Crippen LogP contribution >= 0.6 is 0 Å². The molecule has 0 aliphatic heterocycles. The van der Waals surface area contributed by atoms with Gasteiger partial charge >= 0.3 is 0 Å². The number of benzene rings is 1. The van der Waals surface area contributed by atoms with Gasteiger partial charge in [0.15, 0.2) is 0 Å². The van der Waals surface area contributed by atoms with E-state index in [1.165, 1.54) is 11.1 Å². The van der Waals surface area contributed by atoms with Gasteiger partial charge in [-0.05, 0) is 51.3 Å². The summed E-state index contributed by atoms with van der Waals surface area (Å²) >= 11 is 0. The van der Waals surface area contributed by atoms with Crippen LogP contribution in [0.5, 0.6) is 0 Å². The monoisotopic (exact) mass is 271 g/mol. The molecule has 0 aliphatic rings. The molecule has 0 bridgehead atoms. The van der Waals surface area contributed by atoms with Crippen LogP contribution in [0.2, 0.25) is 0 Å². The minimum absolute atomic E-state index is 0.337. The molecule has 0 unspecified atom stereocenters. The molecule has 1 aromatic heterocycles. The Kier molecular flexibility index (Phi) is 4.17. The van der Waals surface area contributed by atoms with Crippen molar-refractivity contribution >= 4 is 5.82 Å². The van der Waals surface area contributed by atoms with Crippen LogP contribution in [0.3, 0.4) is 0 Å². The Bertz CT molecular complexity index is 609. The molecule has 0 fully saturated rings. The molecule has 3 heteroatoms. The summed E-state index contributed by atoms with van der Waals surface area (Å²) in [7, 11) is 0. The van der Waals surface area contributed by atoms with Gasteiger partial charge in [-0.3, -0.25) is 0 Å². The summed E-state index contributed by atoms with van der Waals surface area (Å²) in [6, 6.07) is 6.76. The molecule has 0 amide bonds. The molecule has 0 aliphatic carbocycles. The molecule has 0 saturated carbocycles. The Morgan fingerprint density at radius 2 is 1.90 bits per heavy atom. The highest BCUT2D eigenvalue weighted by Gasteiger charge is 2.17. The van der Waals surface area contributed by atoms with Gasteiger partial charge in [0.1, 0.15) is 17.3 Å². The van der Waals surface area contributed by atoms with Crippen molar-refractivity contribution in [1.82, 2.24) is 9.55 Å². The maximum Gasteiger partial charge on any atom is 0.131 e. The Balaban J connectivity index is 2.56. The van der Waals surface area contributed by atoms with Gasteiger partial charge in [-0.25, -0.2) is 4.98 Å². The standard InChI is InChI=1S/C17H25N3/c1-6-7-15-19-16(17(18)20(15)11(2)3)14-9-8-12(4)13(5)10-14/h8-11H,6-7,18H2,1-5H3. The summed E-state index contributed by atoms with van der Waals surface area (Å²) in [4.78, 5) is 4.80. The number of nitrogens with zero attached hydrogens (tertiary/aromatic N) is 2. The third-order valence-corrected chi connectivity index (χ3v) is 3.79. The lowest BCUT2D eigenvalue weighted by atomic mass is 10.0. The first-order valence-corrected chi connectivity index (χ1v) is 7.39. The summed E-state index contributed by atoms with van der Waals surface area (Å²) in [5.74, 6) is 1.87. The predicted molar refractivity (Wildman–Crippen MR) is 85.9 cm³/mol. The normalized spacial score (nSPS) is 11.3. The molecule has 1 aromatic carbocycles. The fourth-order valence-electron chi connectivity index (χ4n) is 2.57. The van der Waals surface area contributed by atoms with E-state index in [0.717, 1.165) is 35.7 Å². The molecular weight excluding hydrogens is 246 g/mol. The molecule has 3 nitrogen and oxygen atoms in total. The Labute approximate surface area is 121 Å². The Hall–Kier alpha value is -1.77. The molecule has 0 radical (unpaired) electrons. The van der Waals surface area contributed by atoms with Crippen LogP contribution < -0.4 is 5.73 Å². The van der Waals surface area contributed by atoms with Crippen molar-refractivity contribution < 1.29 is 0 Å². The molecule has 108 valence electrons. The summed E-state index contributed by atoms with van der Waals surface area (Å²) < 4.78 is 2.16. The van der Waals surface area contributed by atoms with Gasteiger partial charge in [-0.15, -0.1) is 0 Å². The van der Waals surface area contributed by atoms with Gasteiger partial charge in [0.25, 0.3) is 0 Å². The summed E-state index contributed by atoms with van der Waals surface area (Å²) in [6.45, 7) is 10.7. The highest BCUT2D eigenvalue weighted by molar-refractivity contribution is 5.72.